The zero-order chi connectivity index (χ0) is 16.4. The number of ether oxygens (including phenoxy) is 1. The predicted octanol–water partition coefficient (Wildman–Crippen LogP) is 3.72. The van der Waals surface area contributed by atoms with E-state index in [9.17, 15) is 22.4 Å². The molecule has 0 radical (unpaired) electrons. The number of hydrazine groups is 1. The summed E-state index contributed by atoms with van der Waals surface area (Å²) in [5, 5.41) is 0.832. The fraction of sp³-hybridized carbons (Fsp3) is 0.462. The number of carbonyl (C=O) groups excluding carboxylic acids is 1. The number of alkyl halides is 3. The number of benzene rings is 1. The smallest absolute Gasteiger partial charge is 0.426 e. The number of amides is 1. The highest BCUT2D eigenvalue weighted by molar-refractivity contribution is 5.70. The third-order valence-electron chi connectivity index (χ3n) is 2.29. The van der Waals surface area contributed by atoms with Crippen molar-refractivity contribution >= 4 is 11.8 Å². The SMILES string of the molecule is CN(NC(=O)OC(C)(C)C)c1cc(C(F)(F)F)ccc1F. The lowest BCUT2D eigenvalue weighted by molar-refractivity contribution is -0.137. The Balaban J connectivity index is 2.92. The van der Waals surface area contributed by atoms with Gasteiger partial charge in [-0.1, -0.05) is 0 Å². The first-order valence-electron chi connectivity index (χ1n) is 6.00. The quantitative estimate of drug-likeness (QED) is 0.669. The molecule has 1 N–H and O–H groups in total. The fourth-order valence-corrected chi connectivity index (χ4v) is 1.44. The third-order valence-corrected chi connectivity index (χ3v) is 2.29. The molecule has 0 fully saturated rings. The number of halogens is 4. The standard InChI is InChI=1S/C13H16F4N2O2/c1-12(2,3)21-11(20)18-19(4)10-7-8(13(15,16)17)5-6-9(10)14/h5-7H,1-4H3,(H,18,20). The van der Waals surface area contributed by atoms with Gasteiger partial charge in [-0.2, -0.15) is 13.2 Å². The molecule has 118 valence electrons. The van der Waals surface area contributed by atoms with Crippen LogP contribution >= 0.6 is 0 Å². The molecule has 0 aliphatic carbocycles. The Labute approximate surface area is 119 Å². The van der Waals surface area contributed by atoms with E-state index in [1.807, 2.05) is 0 Å². The average molecular weight is 308 g/mol. The Morgan fingerprint density at radius 1 is 1.24 bits per heavy atom. The number of nitrogens with zero attached hydrogens (tertiary/aromatic N) is 1. The zero-order valence-electron chi connectivity index (χ0n) is 12.0. The molecular formula is C13H16F4N2O2. The topological polar surface area (TPSA) is 41.6 Å². The fourth-order valence-electron chi connectivity index (χ4n) is 1.44. The number of nitrogens with one attached hydrogen (secondary N) is 1. The molecule has 1 amide bonds. The van der Waals surface area contributed by atoms with Gasteiger partial charge in [-0.05, 0) is 39.0 Å². The summed E-state index contributed by atoms with van der Waals surface area (Å²) in [6.07, 6.45) is -5.50. The van der Waals surface area contributed by atoms with Crippen molar-refractivity contribution in [2.45, 2.75) is 32.5 Å². The zero-order valence-corrected chi connectivity index (χ0v) is 12.0. The van der Waals surface area contributed by atoms with Gasteiger partial charge < -0.3 is 4.74 Å². The average Bonchev–Trinajstić information content (AvgIpc) is 2.24. The van der Waals surface area contributed by atoms with E-state index in [1.54, 1.807) is 20.8 Å². The summed E-state index contributed by atoms with van der Waals surface area (Å²) in [5.74, 6) is -0.901. The van der Waals surface area contributed by atoms with Crippen LogP contribution in [0.2, 0.25) is 0 Å². The molecule has 0 spiro atoms. The normalized spacial score (nSPS) is 12.0. The molecule has 0 atom stereocenters. The Hall–Kier alpha value is -1.99. The first kappa shape index (κ1) is 17.1. The van der Waals surface area contributed by atoms with Crippen LogP contribution < -0.4 is 10.4 Å². The summed E-state index contributed by atoms with van der Waals surface area (Å²) in [5.41, 5.74) is -0.0810. The molecule has 0 heterocycles. The molecule has 1 aromatic rings. The van der Waals surface area contributed by atoms with Crippen molar-refractivity contribution in [2.24, 2.45) is 0 Å². The molecule has 0 saturated carbocycles. The molecule has 4 nitrogen and oxygen atoms in total. The van der Waals surface area contributed by atoms with Gasteiger partial charge in [0.05, 0.1) is 11.3 Å². The van der Waals surface area contributed by atoms with Crippen LogP contribution in [0.4, 0.5) is 28.0 Å². The van der Waals surface area contributed by atoms with Gasteiger partial charge in [0.25, 0.3) is 0 Å². The van der Waals surface area contributed by atoms with Crippen LogP contribution in [0.3, 0.4) is 0 Å². The molecule has 0 saturated heterocycles. The minimum absolute atomic E-state index is 0.421. The summed E-state index contributed by atoms with van der Waals surface area (Å²) in [6.45, 7) is 4.87. The van der Waals surface area contributed by atoms with Crippen LogP contribution in [0, 0.1) is 5.82 Å². The molecule has 0 aliphatic heterocycles. The highest BCUT2D eigenvalue weighted by atomic mass is 19.4. The van der Waals surface area contributed by atoms with Crippen molar-refractivity contribution < 1.29 is 27.1 Å². The molecule has 0 bridgehead atoms. The molecule has 1 aromatic carbocycles. The van der Waals surface area contributed by atoms with Crippen molar-refractivity contribution in [1.82, 2.24) is 5.43 Å². The Morgan fingerprint density at radius 2 is 1.81 bits per heavy atom. The van der Waals surface area contributed by atoms with Crippen molar-refractivity contribution in [3.8, 4) is 0 Å². The highest BCUT2D eigenvalue weighted by Gasteiger charge is 2.31. The minimum Gasteiger partial charge on any atom is -0.443 e. The maximum absolute atomic E-state index is 13.6. The van der Waals surface area contributed by atoms with Gasteiger partial charge in [0.15, 0.2) is 0 Å². The summed E-state index contributed by atoms with van der Waals surface area (Å²) in [7, 11) is 1.21. The van der Waals surface area contributed by atoms with E-state index in [0.717, 1.165) is 5.01 Å². The number of hydrogen-bond donors (Lipinski definition) is 1. The second-order valence-corrected chi connectivity index (χ2v) is 5.34. The highest BCUT2D eigenvalue weighted by Crippen LogP contribution is 2.32. The molecular weight excluding hydrogens is 292 g/mol. The minimum atomic E-state index is -4.60. The van der Waals surface area contributed by atoms with E-state index in [0.29, 0.717) is 18.2 Å². The summed E-state index contributed by atoms with van der Waals surface area (Å²) in [6, 6.07) is 1.91. The van der Waals surface area contributed by atoms with Gasteiger partial charge in [0.2, 0.25) is 0 Å². The second-order valence-electron chi connectivity index (χ2n) is 5.34. The number of carbonyl (C=O) groups is 1. The van der Waals surface area contributed by atoms with E-state index >= 15 is 0 Å². The van der Waals surface area contributed by atoms with E-state index in [1.165, 1.54) is 7.05 Å². The Morgan fingerprint density at radius 3 is 2.29 bits per heavy atom. The number of anilines is 1. The first-order valence-corrected chi connectivity index (χ1v) is 6.00. The van der Waals surface area contributed by atoms with Crippen molar-refractivity contribution in [3.05, 3.63) is 29.6 Å². The van der Waals surface area contributed by atoms with Crippen LogP contribution in [-0.4, -0.2) is 18.7 Å². The molecule has 0 unspecified atom stereocenters. The third kappa shape index (κ3) is 5.13. The largest absolute Gasteiger partial charge is 0.443 e. The first-order chi connectivity index (χ1) is 9.40. The van der Waals surface area contributed by atoms with E-state index in [-0.39, 0.29) is 0 Å². The van der Waals surface area contributed by atoms with Crippen LogP contribution in [0.15, 0.2) is 18.2 Å². The van der Waals surface area contributed by atoms with Crippen LogP contribution in [0.1, 0.15) is 26.3 Å². The number of rotatable bonds is 2. The Kier molecular flexibility index (Phi) is 4.70. The van der Waals surface area contributed by atoms with Crippen molar-refractivity contribution in [2.75, 3.05) is 12.1 Å². The van der Waals surface area contributed by atoms with Crippen LogP contribution in [0.25, 0.3) is 0 Å². The molecule has 8 heteroatoms. The lowest BCUT2D eigenvalue weighted by atomic mass is 10.2. The van der Waals surface area contributed by atoms with Gasteiger partial charge in [0, 0.05) is 7.05 Å². The van der Waals surface area contributed by atoms with Crippen LogP contribution in [-0.2, 0) is 10.9 Å². The summed E-state index contributed by atoms with van der Waals surface area (Å²) < 4.78 is 56.3. The van der Waals surface area contributed by atoms with E-state index in [4.69, 9.17) is 4.74 Å². The monoisotopic (exact) mass is 308 g/mol. The lowest BCUT2D eigenvalue weighted by Gasteiger charge is -2.25. The Bertz CT molecular complexity index is 524. The molecule has 1 rings (SSSR count). The van der Waals surface area contributed by atoms with Gasteiger partial charge in [-0.15, -0.1) is 0 Å². The van der Waals surface area contributed by atoms with Crippen molar-refractivity contribution in [3.63, 3.8) is 0 Å². The van der Waals surface area contributed by atoms with Gasteiger partial charge in [-0.3, -0.25) is 5.01 Å². The lowest BCUT2D eigenvalue weighted by Crippen LogP contribution is -2.43. The van der Waals surface area contributed by atoms with Gasteiger partial charge >= 0.3 is 12.3 Å². The van der Waals surface area contributed by atoms with Gasteiger partial charge in [0.1, 0.15) is 11.4 Å². The summed E-state index contributed by atoms with van der Waals surface area (Å²) >= 11 is 0. The summed E-state index contributed by atoms with van der Waals surface area (Å²) in [4.78, 5) is 11.5. The van der Waals surface area contributed by atoms with Crippen molar-refractivity contribution in [1.29, 1.82) is 0 Å². The maximum Gasteiger partial charge on any atom is 0.426 e. The van der Waals surface area contributed by atoms with Crippen LogP contribution in [0.5, 0.6) is 0 Å². The second kappa shape index (κ2) is 5.79. The molecule has 21 heavy (non-hydrogen) atoms. The van der Waals surface area contributed by atoms with E-state index in [2.05, 4.69) is 5.43 Å². The molecule has 0 aliphatic rings. The predicted molar refractivity (Wildman–Crippen MR) is 69.2 cm³/mol. The van der Waals surface area contributed by atoms with Gasteiger partial charge in [-0.25, -0.2) is 14.6 Å². The van der Waals surface area contributed by atoms with E-state index < -0.39 is 34.9 Å². The number of hydrogen-bond acceptors (Lipinski definition) is 3. The maximum atomic E-state index is 13.6. The molecule has 0 aromatic heterocycles.